The normalized spacial score (nSPS) is 14.5. The number of aliphatic hydroxyl groups is 3. The topological polar surface area (TPSA) is 118 Å². The third kappa shape index (κ3) is 18.0. The first-order valence-corrected chi connectivity index (χ1v) is 13.7. The van der Waals surface area contributed by atoms with Crippen LogP contribution in [0.4, 0.5) is 0 Å². The second-order valence-electron chi connectivity index (χ2n) is 9.07. The van der Waals surface area contributed by atoms with Crippen molar-refractivity contribution in [3.63, 3.8) is 0 Å². The molecule has 1 rings (SSSR count). The zero-order valence-corrected chi connectivity index (χ0v) is 21.8. The largest absolute Gasteiger partial charge is 0.392 e. The summed E-state index contributed by atoms with van der Waals surface area (Å²) in [6, 6.07) is 6.70. The molecule has 0 aliphatic rings. The molecule has 3 atom stereocenters. The SMILES string of the molecule is CC(O)CN(CC(C)O)CC(C)O.CCCCCCCCCCc1ccccc1S(=O)(=O)O. The first kappa shape index (κ1) is 32.0. The van der Waals surface area contributed by atoms with E-state index in [1.54, 1.807) is 32.9 Å². The van der Waals surface area contributed by atoms with E-state index in [0.717, 1.165) is 18.4 Å². The number of rotatable bonds is 16. The number of hydrogen-bond acceptors (Lipinski definition) is 6. The van der Waals surface area contributed by atoms with Gasteiger partial charge in [0.2, 0.25) is 0 Å². The number of aryl methyl sites for hydroxylation is 1. The van der Waals surface area contributed by atoms with Crippen LogP contribution in [0.1, 0.15) is 84.6 Å². The van der Waals surface area contributed by atoms with Gasteiger partial charge < -0.3 is 15.3 Å². The van der Waals surface area contributed by atoms with E-state index in [1.807, 2.05) is 11.0 Å². The molecule has 0 saturated carbocycles. The fourth-order valence-corrected chi connectivity index (χ4v) is 4.51. The van der Waals surface area contributed by atoms with E-state index >= 15 is 0 Å². The maximum Gasteiger partial charge on any atom is 0.294 e. The first-order chi connectivity index (χ1) is 15.5. The van der Waals surface area contributed by atoms with Gasteiger partial charge in [-0.25, -0.2) is 0 Å². The van der Waals surface area contributed by atoms with Gasteiger partial charge in [0.1, 0.15) is 0 Å². The fraction of sp³-hybridized carbons (Fsp3) is 0.760. The van der Waals surface area contributed by atoms with Crippen LogP contribution in [0.2, 0.25) is 0 Å². The molecule has 0 radical (unpaired) electrons. The van der Waals surface area contributed by atoms with Gasteiger partial charge in [-0.05, 0) is 45.2 Å². The second kappa shape index (κ2) is 18.3. The van der Waals surface area contributed by atoms with Crippen LogP contribution in [0.25, 0.3) is 0 Å². The van der Waals surface area contributed by atoms with Gasteiger partial charge in [-0.3, -0.25) is 9.45 Å². The lowest BCUT2D eigenvalue weighted by atomic mass is 10.0. The molecule has 194 valence electrons. The molecule has 0 saturated heterocycles. The minimum absolute atomic E-state index is 0.0583. The van der Waals surface area contributed by atoms with E-state index in [2.05, 4.69) is 6.92 Å². The third-order valence-electron chi connectivity index (χ3n) is 5.12. The molecular formula is C25H47NO6S. The molecule has 3 unspecified atom stereocenters. The molecule has 0 fully saturated rings. The van der Waals surface area contributed by atoms with E-state index in [9.17, 15) is 8.42 Å². The number of hydrogen-bond donors (Lipinski definition) is 4. The Morgan fingerprint density at radius 1 is 0.758 bits per heavy atom. The Balaban J connectivity index is 0.000000684. The van der Waals surface area contributed by atoms with Crippen LogP contribution >= 0.6 is 0 Å². The molecule has 0 bridgehead atoms. The quantitative estimate of drug-likeness (QED) is 0.204. The van der Waals surface area contributed by atoms with Gasteiger partial charge in [0, 0.05) is 19.6 Å². The van der Waals surface area contributed by atoms with Crippen LogP contribution in [0.5, 0.6) is 0 Å². The van der Waals surface area contributed by atoms with E-state index in [1.165, 1.54) is 44.6 Å². The highest BCUT2D eigenvalue weighted by Gasteiger charge is 2.14. The Labute approximate surface area is 201 Å². The van der Waals surface area contributed by atoms with Gasteiger partial charge in [-0.1, -0.05) is 70.1 Å². The molecule has 4 N–H and O–H groups in total. The van der Waals surface area contributed by atoms with Gasteiger partial charge in [-0.15, -0.1) is 0 Å². The summed E-state index contributed by atoms with van der Waals surface area (Å²) in [5.74, 6) is 0. The number of nitrogens with zero attached hydrogens (tertiary/aromatic N) is 1. The minimum Gasteiger partial charge on any atom is -0.392 e. The van der Waals surface area contributed by atoms with Crippen molar-refractivity contribution in [3.05, 3.63) is 29.8 Å². The molecule has 0 spiro atoms. The average molecular weight is 490 g/mol. The molecule has 1 aromatic rings. The number of benzene rings is 1. The highest BCUT2D eigenvalue weighted by Crippen LogP contribution is 2.18. The van der Waals surface area contributed by atoms with Crippen molar-refractivity contribution in [2.75, 3.05) is 19.6 Å². The van der Waals surface area contributed by atoms with Gasteiger partial charge in [0.25, 0.3) is 10.1 Å². The maximum atomic E-state index is 11.2. The average Bonchev–Trinajstić information content (AvgIpc) is 2.68. The summed E-state index contributed by atoms with van der Waals surface area (Å²) in [5, 5.41) is 27.4. The smallest absolute Gasteiger partial charge is 0.294 e. The molecule has 33 heavy (non-hydrogen) atoms. The monoisotopic (exact) mass is 489 g/mol. The molecule has 0 aromatic heterocycles. The summed E-state index contributed by atoms with van der Waals surface area (Å²) in [6.45, 7) is 8.74. The molecule has 8 heteroatoms. The molecule has 0 aliphatic heterocycles. The third-order valence-corrected chi connectivity index (χ3v) is 6.07. The van der Waals surface area contributed by atoms with Crippen molar-refractivity contribution in [1.29, 1.82) is 0 Å². The lowest BCUT2D eigenvalue weighted by molar-refractivity contribution is 0.0530. The van der Waals surface area contributed by atoms with Gasteiger partial charge in [0.05, 0.1) is 23.2 Å². The summed E-state index contributed by atoms with van der Waals surface area (Å²) in [7, 11) is -4.09. The van der Waals surface area contributed by atoms with Crippen molar-refractivity contribution < 1.29 is 28.3 Å². The molecule has 1 aromatic carbocycles. The Hall–Kier alpha value is -1.03. The van der Waals surface area contributed by atoms with Crippen LogP contribution in [-0.2, 0) is 16.5 Å². The maximum absolute atomic E-state index is 11.2. The summed E-state index contributed by atoms with van der Waals surface area (Å²) in [4.78, 5) is 1.91. The molecule has 7 nitrogen and oxygen atoms in total. The van der Waals surface area contributed by atoms with Crippen molar-refractivity contribution in [3.8, 4) is 0 Å². The minimum atomic E-state index is -4.09. The Morgan fingerprint density at radius 2 is 1.18 bits per heavy atom. The zero-order chi connectivity index (χ0) is 25.3. The van der Waals surface area contributed by atoms with Gasteiger partial charge in [0.15, 0.2) is 0 Å². The van der Waals surface area contributed by atoms with Gasteiger partial charge in [-0.2, -0.15) is 8.42 Å². The van der Waals surface area contributed by atoms with E-state index in [0.29, 0.717) is 26.1 Å². The Morgan fingerprint density at radius 3 is 1.61 bits per heavy atom. The van der Waals surface area contributed by atoms with Crippen LogP contribution in [0.15, 0.2) is 29.2 Å². The molecule has 0 heterocycles. The second-order valence-corrected chi connectivity index (χ2v) is 10.5. The number of aliphatic hydroxyl groups excluding tert-OH is 3. The predicted molar refractivity (Wildman–Crippen MR) is 134 cm³/mol. The lowest BCUT2D eigenvalue weighted by Crippen LogP contribution is -2.40. The fourth-order valence-electron chi connectivity index (χ4n) is 3.76. The zero-order valence-electron chi connectivity index (χ0n) is 21.0. The predicted octanol–water partition coefficient (Wildman–Crippen LogP) is 4.05. The van der Waals surface area contributed by atoms with Crippen molar-refractivity contribution in [2.24, 2.45) is 0 Å². The van der Waals surface area contributed by atoms with E-state index in [4.69, 9.17) is 19.9 Å². The van der Waals surface area contributed by atoms with Crippen LogP contribution in [0.3, 0.4) is 0 Å². The number of unbranched alkanes of at least 4 members (excludes halogenated alkanes) is 7. The van der Waals surface area contributed by atoms with Crippen LogP contribution in [0, 0.1) is 0 Å². The van der Waals surface area contributed by atoms with Crippen LogP contribution in [-0.4, -0.2) is 71.1 Å². The first-order valence-electron chi connectivity index (χ1n) is 12.3. The van der Waals surface area contributed by atoms with Crippen molar-refractivity contribution in [2.45, 2.75) is 109 Å². The van der Waals surface area contributed by atoms with E-state index in [-0.39, 0.29) is 4.90 Å². The lowest BCUT2D eigenvalue weighted by Gasteiger charge is -2.25. The van der Waals surface area contributed by atoms with Crippen molar-refractivity contribution >= 4 is 10.1 Å². The van der Waals surface area contributed by atoms with Gasteiger partial charge >= 0.3 is 0 Å². The summed E-state index contributed by atoms with van der Waals surface area (Å²) < 4.78 is 31.7. The molecule has 0 aliphatic carbocycles. The van der Waals surface area contributed by atoms with Crippen LogP contribution < -0.4 is 0 Å². The highest BCUT2D eigenvalue weighted by atomic mass is 32.2. The highest BCUT2D eigenvalue weighted by molar-refractivity contribution is 7.85. The Bertz CT molecular complexity index is 683. The summed E-state index contributed by atoms with van der Waals surface area (Å²) in [5.41, 5.74) is 0.723. The van der Waals surface area contributed by atoms with Crippen molar-refractivity contribution in [1.82, 2.24) is 4.90 Å². The summed E-state index contributed by atoms with van der Waals surface area (Å²) >= 11 is 0. The summed E-state index contributed by atoms with van der Waals surface area (Å²) in [6.07, 6.45) is 9.19. The Kier molecular flexibility index (Phi) is 17.7. The standard InChI is InChI=1S/C16H26O3S.C9H21NO3/c1-2-3-4-5-6-7-8-9-12-15-13-10-11-14-16(15)20(17,18)19;1-7(11)4-10(5-8(2)12)6-9(3)13/h10-11,13-14H,2-9,12H2,1H3,(H,17,18,19);7-9,11-13H,4-6H2,1-3H3. The van der Waals surface area contributed by atoms with E-state index < -0.39 is 28.4 Å². The molecule has 0 amide bonds. The molecular weight excluding hydrogens is 442 g/mol.